The number of esters is 1. The lowest BCUT2D eigenvalue weighted by Gasteiger charge is -2.13. The Bertz CT molecular complexity index is 995. The lowest BCUT2D eigenvalue weighted by molar-refractivity contribution is -0.383. The number of para-hydroxylation sites is 3. The number of ether oxygens (including phenoxy) is 1. The molecule has 1 aromatic heterocycles. The van der Waals surface area contributed by atoms with Crippen LogP contribution in [0.25, 0.3) is 10.9 Å². The fourth-order valence-corrected chi connectivity index (χ4v) is 2.49. The Hall–Kier alpha value is -3.68. The molecule has 0 saturated carbocycles. The highest BCUT2D eigenvalue weighted by atomic mass is 16.6. The first kappa shape index (κ1) is 17.2. The number of nitrogens with zero attached hydrogens (tertiary/aromatic N) is 1. The number of amides is 1. The Morgan fingerprint density at radius 2 is 1.85 bits per heavy atom. The molecule has 0 fully saturated rings. The molecule has 0 saturated heterocycles. The lowest BCUT2D eigenvalue weighted by atomic mass is 10.2. The molecule has 1 heterocycles. The zero-order valence-electron chi connectivity index (χ0n) is 13.8. The molecule has 8 heteroatoms. The highest BCUT2D eigenvalue weighted by Gasteiger charge is 2.23. The van der Waals surface area contributed by atoms with Crippen LogP contribution >= 0.6 is 0 Å². The fraction of sp³-hybridized carbons (Fsp3) is 0.111. The molecule has 0 aliphatic heterocycles. The van der Waals surface area contributed by atoms with Gasteiger partial charge in [0.1, 0.15) is 5.69 Å². The van der Waals surface area contributed by atoms with E-state index in [1.165, 1.54) is 31.3 Å². The average Bonchev–Trinajstić information content (AvgIpc) is 3.06. The van der Waals surface area contributed by atoms with Crippen LogP contribution in [0.3, 0.4) is 0 Å². The number of nitro benzene ring substituents is 1. The molecule has 0 bridgehead atoms. The zero-order chi connectivity index (χ0) is 18.7. The average molecular weight is 353 g/mol. The molecule has 0 unspecified atom stereocenters. The third-order valence-electron chi connectivity index (χ3n) is 3.82. The van der Waals surface area contributed by atoms with Gasteiger partial charge in [0.05, 0.1) is 10.5 Å². The van der Waals surface area contributed by atoms with Crippen LogP contribution in [0.15, 0.2) is 54.7 Å². The maximum Gasteiger partial charge on any atom is 0.341 e. The van der Waals surface area contributed by atoms with E-state index < -0.39 is 22.9 Å². The first-order valence-corrected chi connectivity index (χ1v) is 7.78. The lowest BCUT2D eigenvalue weighted by Crippen LogP contribution is -2.30. The normalized spacial score (nSPS) is 11.7. The maximum atomic E-state index is 12.3. The van der Waals surface area contributed by atoms with E-state index in [4.69, 9.17) is 4.74 Å². The number of benzene rings is 2. The minimum Gasteiger partial charge on any atom is -0.449 e. The van der Waals surface area contributed by atoms with Gasteiger partial charge in [-0.1, -0.05) is 30.3 Å². The summed E-state index contributed by atoms with van der Waals surface area (Å²) in [6, 6.07) is 12.9. The molecule has 132 valence electrons. The molecule has 2 aromatic carbocycles. The Morgan fingerprint density at radius 3 is 2.62 bits per heavy atom. The van der Waals surface area contributed by atoms with Gasteiger partial charge >= 0.3 is 5.97 Å². The Labute approximate surface area is 147 Å². The Kier molecular flexibility index (Phi) is 4.66. The van der Waals surface area contributed by atoms with Crippen molar-refractivity contribution in [2.45, 2.75) is 13.0 Å². The number of carbonyl (C=O) groups excluding carboxylic acids is 2. The minimum atomic E-state index is -1.13. The summed E-state index contributed by atoms with van der Waals surface area (Å²) in [4.78, 5) is 37.9. The predicted octanol–water partition coefficient (Wildman–Crippen LogP) is 3.26. The molecule has 1 amide bonds. The summed E-state index contributed by atoms with van der Waals surface area (Å²) in [6.45, 7) is 1.40. The van der Waals surface area contributed by atoms with Crippen molar-refractivity contribution >= 4 is 34.2 Å². The van der Waals surface area contributed by atoms with Crippen molar-refractivity contribution in [3.8, 4) is 0 Å². The number of fused-ring (bicyclic) bond motifs is 1. The summed E-state index contributed by atoms with van der Waals surface area (Å²) in [5, 5.41) is 14.1. The summed E-state index contributed by atoms with van der Waals surface area (Å²) in [7, 11) is 0. The van der Waals surface area contributed by atoms with Gasteiger partial charge in [-0.25, -0.2) is 4.79 Å². The summed E-state index contributed by atoms with van der Waals surface area (Å²) >= 11 is 0. The molecule has 2 N–H and O–H groups in total. The van der Waals surface area contributed by atoms with Gasteiger partial charge in [0.25, 0.3) is 11.6 Å². The van der Waals surface area contributed by atoms with Gasteiger partial charge in [-0.05, 0) is 19.1 Å². The van der Waals surface area contributed by atoms with Gasteiger partial charge in [0, 0.05) is 23.2 Å². The molecular weight excluding hydrogens is 338 g/mol. The number of nitrogens with one attached hydrogen (secondary N) is 2. The van der Waals surface area contributed by atoms with Crippen molar-refractivity contribution in [2.24, 2.45) is 0 Å². The van der Waals surface area contributed by atoms with Gasteiger partial charge in [-0.3, -0.25) is 14.9 Å². The largest absolute Gasteiger partial charge is 0.449 e. The predicted molar refractivity (Wildman–Crippen MR) is 94.9 cm³/mol. The first-order valence-electron chi connectivity index (χ1n) is 7.78. The molecule has 0 aliphatic rings. The van der Waals surface area contributed by atoms with Crippen molar-refractivity contribution in [3.63, 3.8) is 0 Å². The van der Waals surface area contributed by atoms with E-state index in [2.05, 4.69) is 10.3 Å². The third-order valence-corrected chi connectivity index (χ3v) is 3.82. The molecule has 0 aliphatic carbocycles. The Morgan fingerprint density at radius 1 is 1.15 bits per heavy atom. The van der Waals surface area contributed by atoms with E-state index in [0.717, 1.165) is 5.52 Å². The second-order valence-corrected chi connectivity index (χ2v) is 5.56. The van der Waals surface area contributed by atoms with E-state index in [1.807, 2.05) is 12.1 Å². The number of hydrogen-bond donors (Lipinski definition) is 2. The molecule has 26 heavy (non-hydrogen) atoms. The van der Waals surface area contributed by atoms with E-state index in [1.54, 1.807) is 18.2 Å². The molecule has 8 nitrogen and oxygen atoms in total. The number of H-pyrrole nitrogens is 1. The number of aromatic amines is 1. The summed E-state index contributed by atoms with van der Waals surface area (Å²) < 4.78 is 5.20. The van der Waals surface area contributed by atoms with Gasteiger partial charge in [-0.2, -0.15) is 0 Å². The van der Waals surface area contributed by atoms with Crippen LogP contribution in [0.5, 0.6) is 0 Å². The number of hydrogen-bond acceptors (Lipinski definition) is 5. The van der Waals surface area contributed by atoms with Gasteiger partial charge in [0.2, 0.25) is 0 Å². The summed E-state index contributed by atoms with van der Waals surface area (Å²) in [6.07, 6.45) is 0.385. The number of anilines is 1. The topological polar surface area (TPSA) is 114 Å². The number of carbonyl (C=O) groups is 2. The third kappa shape index (κ3) is 3.39. The van der Waals surface area contributed by atoms with Crippen LogP contribution in [0.2, 0.25) is 0 Å². The van der Waals surface area contributed by atoms with Crippen molar-refractivity contribution in [2.75, 3.05) is 5.32 Å². The van der Waals surface area contributed by atoms with Crippen LogP contribution in [0.4, 0.5) is 11.4 Å². The number of nitro groups is 1. The molecule has 3 rings (SSSR count). The molecule has 1 atom stereocenters. The zero-order valence-corrected chi connectivity index (χ0v) is 13.8. The molecule has 3 aromatic rings. The molecule has 0 spiro atoms. The summed E-state index contributed by atoms with van der Waals surface area (Å²) in [5.41, 5.74) is 0.885. The van der Waals surface area contributed by atoms with Crippen molar-refractivity contribution < 1.29 is 19.2 Å². The van der Waals surface area contributed by atoms with Crippen LogP contribution < -0.4 is 5.32 Å². The smallest absolute Gasteiger partial charge is 0.341 e. The van der Waals surface area contributed by atoms with Crippen molar-refractivity contribution in [1.82, 2.24) is 4.98 Å². The van der Waals surface area contributed by atoms with E-state index in [-0.39, 0.29) is 11.4 Å². The standard InChI is InChI=1S/C18H15N3O5/c1-11(17(22)20-15-8-4-5-9-16(15)21(24)25)26-18(23)13-10-19-14-7-3-2-6-12(13)14/h2-11,19H,1H3,(H,20,22)/t11-/m1/s1. The number of aromatic nitrogens is 1. The van der Waals surface area contributed by atoms with E-state index in [9.17, 15) is 19.7 Å². The maximum absolute atomic E-state index is 12.3. The monoisotopic (exact) mass is 353 g/mol. The Balaban J connectivity index is 1.72. The first-order chi connectivity index (χ1) is 12.5. The SMILES string of the molecule is C[C@@H](OC(=O)c1c[nH]c2ccccc12)C(=O)Nc1ccccc1[N+](=O)[O-]. The van der Waals surface area contributed by atoms with Crippen LogP contribution in [0.1, 0.15) is 17.3 Å². The number of rotatable bonds is 5. The molecule has 0 radical (unpaired) electrons. The fourth-order valence-electron chi connectivity index (χ4n) is 2.49. The van der Waals surface area contributed by atoms with E-state index >= 15 is 0 Å². The van der Waals surface area contributed by atoms with Crippen molar-refractivity contribution in [1.29, 1.82) is 0 Å². The second-order valence-electron chi connectivity index (χ2n) is 5.56. The van der Waals surface area contributed by atoms with Gasteiger partial charge in [-0.15, -0.1) is 0 Å². The van der Waals surface area contributed by atoms with Gasteiger partial charge in [0.15, 0.2) is 6.10 Å². The van der Waals surface area contributed by atoms with Crippen LogP contribution in [-0.2, 0) is 9.53 Å². The molecular formula is C18H15N3O5. The minimum absolute atomic E-state index is 0.0393. The van der Waals surface area contributed by atoms with Crippen LogP contribution in [-0.4, -0.2) is 27.9 Å². The van der Waals surface area contributed by atoms with E-state index in [0.29, 0.717) is 10.9 Å². The van der Waals surface area contributed by atoms with Gasteiger partial charge < -0.3 is 15.0 Å². The summed E-state index contributed by atoms with van der Waals surface area (Å²) in [5.74, 6) is -1.32. The van der Waals surface area contributed by atoms with Crippen molar-refractivity contribution in [3.05, 3.63) is 70.4 Å². The highest BCUT2D eigenvalue weighted by molar-refractivity contribution is 6.05. The second kappa shape index (κ2) is 7.06. The quantitative estimate of drug-likeness (QED) is 0.415. The van der Waals surface area contributed by atoms with Crippen LogP contribution in [0, 0.1) is 10.1 Å². The highest BCUT2D eigenvalue weighted by Crippen LogP contribution is 2.24.